The summed E-state index contributed by atoms with van der Waals surface area (Å²) in [5.74, 6) is 0.291. The van der Waals surface area contributed by atoms with Crippen LogP contribution >= 0.6 is 12.2 Å². The Balaban J connectivity index is 3.27. The standard InChI is InChI=1S/C13H19N3O2S/c1-8(2)16(7-10(17)18-4)13-11(12(14)19)9(3)5-6-15-13/h5-6,8H,7H2,1-4H3,(H2,14,19). The number of nitrogens with two attached hydrogens (primary N) is 1. The lowest BCUT2D eigenvalue weighted by Gasteiger charge is -2.28. The van der Waals surface area contributed by atoms with Crippen LogP contribution in [0.1, 0.15) is 25.0 Å². The Labute approximate surface area is 118 Å². The van der Waals surface area contributed by atoms with Gasteiger partial charge in [0.05, 0.1) is 12.7 Å². The van der Waals surface area contributed by atoms with Gasteiger partial charge in [-0.25, -0.2) is 4.98 Å². The van der Waals surface area contributed by atoms with Crippen LogP contribution in [0.2, 0.25) is 0 Å². The number of rotatable bonds is 5. The van der Waals surface area contributed by atoms with E-state index in [-0.39, 0.29) is 23.5 Å². The van der Waals surface area contributed by atoms with Gasteiger partial charge in [0.15, 0.2) is 0 Å². The second-order valence-electron chi connectivity index (χ2n) is 4.49. The highest BCUT2D eigenvalue weighted by Crippen LogP contribution is 2.22. The first-order valence-corrected chi connectivity index (χ1v) is 6.38. The Morgan fingerprint density at radius 3 is 2.68 bits per heavy atom. The summed E-state index contributed by atoms with van der Waals surface area (Å²) in [6.45, 7) is 5.96. The normalized spacial score (nSPS) is 10.4. The number of carbonyl (C=O) groups is 1. The number of thiocarbonyl (C=S) groups is 1. The molecular weight excluding hydrogens is 262 g/mol. The summed E-state index contributed by atoms with van der Waals surface area (Å²) in [7, 11) is 1.36. The smallest absolute Gasteiger partial charge is 0.325 e. The molecule has 0 amide bonds. The van der Waals surface area contributed by atoms with Gasteiger partial charge in [-0.2, -0.15) is 0 Å². The number of esters is 1. The summed E-state index contributed by atoms with van der Waals surface area (Å²) in [6.07, 6.45) is 1.68. The van der Waals surface area contributed by atoms with Gasteiger partial charge < -0.3 is 15.4 Å². The molecule has 0 aromatic carbocycles. The topological polar surface area (TPSA) is 68.5 Å². The molecule has 0 spiro atoms. The third-order valence-electron chi connectivity index (χ3n) is 2.81. The molecule has 0 unspecified atom stereocenters. The van der Waals surface area contributed by atoms with Crippen molar-refractivity contribution < 1.29 is 9.53 Å². The van der Waals surface area contributed by atoms with Crippen molar-refractivity contribution in [3.05, 3.63) is 23.4 Å². The van der Waals surface area contributed by atoms with Crippen LogP contribution in [0.25, 0.3) is 0 Å². The Kier molecular flexibility index (Phi) is 5.23. The van der Waals surface area contributed by atoms with E-state index in [1.165, 1.54) is 7.11 Å². The summed E-state index contributed by atoms with van der Waals surface area (Å²) in [5.41, 5.74) is 7.41. The number of nitrogens with zero attached hydrogens (tertiary/aromatic N) is 2. The molecule has 0 atom stereocenters. The maximum atomic E-state index is 11.5. The number of anilines is 1. The molecule has 1 aromatic heterocycles. The quantitative estimate of drug-likeness (QED) is 0.650. The molecule has 0 saturated heterocycles. The number of aryl methyl sites for hydroxylation is 1. The van der Waals surface area contributed by atoms with E-state index in [9.17, 15) is 4.79 Å². The first-order valence-electron chi connectivity index (χ1n) is 5.97. The number of hydrogen-bond acceptors (Lipinski definition) is 5. The van der Waals surface area contributed by atoms with E-state index < -0.39 is 0 Å². The lowest BCUT2D eigenvalue weighted by molar-refractivity contribution is -0.139. The zero-order chi connectivity index (χ0) is 14.6. The second-order valence-corrected chi connectivity index (χ2v) is 4.93. The minimum atomic E-state index is -0.328. The van der Waals surface area contributed by atoms with Gasteiger partial charge in [0.25, 0.3) is 0 Å². The Hall–Kier alpha value is -1.69. The average Bonchev–Trinajstić information content (AvgIpc) is 2.34. The van der Waals surface area contributed by atoms with Crippen LogP contribution in [0, 0.1) is 6.92 Å². The second kappa shape index (κ2) is 6.47. The van der Waals surface area contributed by atoms with Gasteiger partial charge in [0, 0.05) is 12.2 Å². The molecule has 19 heavy (non-hydrogen) atoms. The monoisotopic (exact) mass is 281 g/mol. The van der Waals surface area contributed by atoms with E-state index in [1.807, 2.05) is 31.7 Å². The minimum absolute atomic E-state index is 0.0708. The van der Waals surface area contributed by atoms with Crippen LogP contribution in [0.4, 0.5) is 5.82 Å². The lowest BCUT2D eigenvalue weighted by atomic mass is 10.1. The van der Waals surface area contributed by atoms with Crippen LogP contribution in [0.15, 0.2) is 12.3 Å². The van der Waals surface area contributed by atoms with Crippen LogP contribution in [0.3, 0.4) is 0 Å². The van der Waals surface area contributed by atoms with Gasteiger partial charge in [-0.3, -0.25) is 4.79 Å². The molecule has 1 heterocycles. The van der Waals surface area contributed by atoms with Gasteiger partial charge in [0.1, 0.15) is 17.4 Å². The van der Waals surface area contributed by atoms with E-state index in [4.69, 9.17) is 22.7 Å². The average molecular weight is 281 g/mol. The van der Waals surface area contributed by atoms with Crippen molar-refractivity contribution in [3.63, 3.8) is 0 Å². The van der Waals surface area contributed by atoms with Crippen LogP contribution in [0.5, 0.6) is 0 Å². The summed E-state index contributed by atoms with van der Waals surface area (Å²) >= 11 is 5.08. The van der Waals surface area contributed by atoms with Crippen molar-refractivity contribution in [2.45, 2.75) is 26.8 Å². The van der Waals surface area contributed by atoms with Gasteiger partial charge in [0.2, 0.25) is 0 Å². The number of hydrogen-bond donors (Lipinski definition) is 1. The Morgan fingerprint density at radius 1 is 1.58 bits per heavy atom. The molecule has 0 fully saturated rings. The fourth-order valence-corrected chi connectivity index (χ4v) is 2.02. The highest BCUT2D eigenvalue weighted by molar-refractivity contribution is 7.80. The van der Waals surface area contributed by atoms with Crippen molar-refractivity contribution in [2.75, 3.05) is 18.6 Å². The number of aromatic nitrogens is 1. The number of pyridine rings is 1. The zero-order valence-electron chi connectivity index (χ0n) is 11.6. The fourth-order valence-electron chi connectivity index (χ4n) is 1.77. The molecule has 6 heteroatoms. The summed E-state index contributed by atoms with van der Waals surface area (Å²) in [5, 5.41) is 0. The highest BCUT2D eigenvalue weighted by Gasteiger charge is 2.21. The number of methoxy groups -OCH3 is 1. The molecule has 2 N–H and O–H groups in total. The first-order chi connectivity index (χ1) is 8.88. The molecular formula is C13H19N3O2S. The predicted octanol–water partition coefficient (Wildman–Crippen LogP) is 1.41. The predicted molar refractivity (Wildman–Crippen MR) is 79.4 cm³/mol. The Bertz CT molecular complexity index is 489. The number of carbonyl (C=O) groups excluding carboxylic acids is 1. The molecule has 0 bridgehead atoms. The molecule has 0 saturated carbocycles. The third kappa shape index (κ3) is 3.64. The highest BCUT2D eigenvalue weighted by atomic mass is 32.1. The van der Waals surface area contributed by atoms with Crippen LogP contribution < -0.4 is 10.6 Å². The van der Waals surface area contributed by atoms with Crippen molar-refractivity contribution in [1.82, 2.24) is 4.98 Å². The maximum absolute atomic E-state index is 11.5. The zero-order valence-corrected chi connectivity index (χ0v) is 12.5. The molecule has 0 aliphatic rings. The van der Waals surface area contributed by atoms with Crippen molar-refractivity contribution in [2.24, 2.45) is 5.73 Å². The SMILES string of the molecule is COC(=O)CN(c1nccc(C)c1C(N)=S)C(C)C. The van der Waals surface area contributed by atoms with Crippen molar-refractivity contribution in [3.8, 4) is 0 Å². The van der Waals surface area contributed by atoms with E-state index >= 15 is 0 Å². The summed E-state index contributed by atoms with van der Waals surface area (Å²) < 4.78 is 4.71. The summed E-state index contributed by atoms with van der Waals surface area (Å²) in [4.78, 5) is 17.9. The molecule has 1 aromatic rings. The largest absolute Gasteiger partial charge is 0.468 e. The van der Waals surface area contributed by atoms with Gasteiger partial charge in [-0.15, -0.1) is 0 Å². The van der Waals surface area contributed by atoms with Crippen molar-refractivity contribution in [1.29, 1.82) is 0 Å². The lowest BCUT2D eigenvalue weighted by Crippen LogP contribution is -2.38. The van der Waals surface area contributed by atoms with E-state index in [2.05, 4.69) is 4.98 Å². The molecule has 0 aliphatic heterocycles. The molecule has 1 rings (SSSR count). The Morgan fingerprint density at radius 2 is 2.21 bits per heavy atom. The van der Waals surface area contributed by atoms with E-state index in [0.29, 0.717) is 11.4 Å². The van der Waals surface area contributed by atoms with Crippen molar-refractivity contribution >= 4 is 29.0 Å². The van der Waals surface area contributed by atoms with Crippen LogP contribution in [-0.2, 0) is 9.53 Å². The minimum Gasteiger partial charge on any atom is -0.468 e. The molecule has 0 aliphatic carbocycles. The van der Waals surface area contributed by atoms with Crippen LogP contribution in [-0.4, -0.2) is 35.6 Å². The van der Waals surface area contributed by atoms with Gasteiger partial charge >= 0.3 is 5.97 Å². The van der Waals surface area contributed by atoms with Gasteiger partial charge in [-0.05, 0) is 32.4 Å². The van der Waals surface area contributed by atoms with Gasteiger partial charge in [-0.1, -0.05) is 12.2 Å². The first kappa shape index (κ1) is 15.4. The van der Waals surface area contributed by atoms with E-state index in [1.54, 1.807) is 6.20 Å². The molecule has 104 valence electrons. The summed E-state index contributed by atoms with van der Waals surface area (Å²) in [6, 6.07) is 1.91. The molecule has 5 nitrogen and oxygen atoms in total. The third-order valence-corrected chi connectivity index (χ3v) is 3.01. The van der Waals surface area contributed by atoms with E-state index in [0.717, 1.165) is 5.56 Å². The molecule has 0 radical (unpaired) electrons. The fraction of sp³-hybridized carbons (Fsp3) is 0.462. The maximum Gasteiger partial charge on any atom is 0.325 e. The number of ether oxygens (including phenoxy) is 1.